The van der Waals surface area contributed by atoms with Gasteiger partial charge in [-0.3, -0.25) is 4.90 Å². The molecule has 0 N–H and O–H groups in total. The van der Waals surface area contributed by atoms with Crippen LogP contribution in [0.3, 0.4) is 0 Å². The van der Waals surface area contributed by atoms with Crippen LogP contribution in [0.4, 0.5) is 4.39 Å². The lowest BCUT2D eigenvalue weighted by atomic mass is 9.97. The summed E-state index contributed by atoms with van der Waals surface area (Å²) in [6.45, 7) is 24.5. The van der Waals surface area contributed by atoms with Gasteiger partial charge in [0.15, 0.2) is 0 Å². The summed E-state index contributed by atoms with van der Waals surface area (Å²) in [5.41, 5.74) is 6.05. The number of hydrogen-bond donors (Lipinski definition) is 0. The van der Waals surface area contributed by atoms with E-state index < -0.39 is 5.67 Å². The molecule has 0 aliphatic carbocycles. The van der Waals surface area contributed by atoms with Crippen molar-refractivity contribution in [3.63, 3.8) is 0 Å². The van der Waals surface area contributed by atoms with Crippen LogP contribution >= 0.6 is 0 Å². The molecule has 1 aromatic carbocycles. The van der Waals surface area contributed by atoms with Gasteiger partial charge in [-0.25, -0.2) is 9.37 Å². The van der Waals surface area contributed by atoms with E-state index in [9.17, 15) is 4.39 Å². The van der Waals surface area contributed by atoms with E-state index in [-0.39, 0.29) is 0 Å². The molecule has 4 rings (SSSR count). The van der Waals surface area contributed by atoms with Gasteiger partial charge in [-0.05, 0) is 66.7 Å². The molecule has 0 amide bonds. The lowest BCUT2D eigenvalue weighted by molar-refractivity contribution is 0.133. The highest BCUT2D eigenvalue weighted by molar-refractivity contribution is 5.90. The van der Waals surface area contributed by atoms with Crippen molar-refractivity contribution in [1.82, 2.24) is 14.5 Å². The summed E-state index contributed by atoms with van der Waals surface area (Å²) in [4.78, 5) is 6.86. The van der Waals surface area contributed by atoms with Gasteiger partial charge < -0.3 is 4.57 Å². The molecule has 0 unspecified atom stereocenters. The summed E-state index contributed by atoms with van der Waals surface area (Å²) in [7, 11) is 0. The average molecular weight is 508 g/mol. The summed E-state index contributed by atoms with van der Waals surface area (Å²) in [5.74, 6) is 0. The predicted octanol–water partition coefficient (Wildman–Crippen LogP) is 9.42. The van der Waals surface area contributed by atoms with Crippen molar-refractivity contribution < 1.29 is 4.39 Å². The average Bonchev–Trinajstić information content (AvgIpc) is 3.34. The highest BCUT2D eigenvalue weighted by atomic mass is 19.1. The SMILES string of the molecule is C=C(CC)c1ccc(Cn2ccc3c(C4=CCN(CC(C)(C)F)CC4)ccnc32)cc1.CC.CC.CC. The summed E-state index contributed by atoms with van der Waals surface area (Å²) in [6, 6.07) is 12.9. The number of benzene rings is 1. The Bertz CT molecular complexity index is 1100. The summed E-state index contributed by atoms with van der Waals surface area (Å²) in [5, 5.41) is 1.18. The Kier molecular flexibility index (Phi) is 14.1. The van der Waals surface area contributed by atoms with Gasteiger partial charge in [-0.2, -0.15) is 0 Å². The zero-order chi connectivity index (χ0) is 28.0. The third-order valence-electron chi connectivity index (χ3n) is 6.04. The molecule has 1 aliphatic rings. The highest BCUT2D eigenvalue weighted by Gasteiger charge is 2.23. The molecule has 1 aliphatic heterocycles. The Labute approximate surface area is 226 Å². The van der Waals surface area contributed by atoms with Gasteiger partial charge >= 0.3 is 0 Å². The van der Waals surface area contributed by atoms with Crippen LogP contribution < -0.4 is 0 Å². The fraction of sp³-hybridized carbons (Fsp3) is 0.485. The van der Waals surface area contributed by atoms with Gasteiger partial charge in [0, 0.05) is 44.0 Å². The maximum absolute atomic E-state index is 14.0. The van der Waals surface area contributed by atoms with Crippen molar-refractivity contribution in [3.05, 3.63) is 78.1 Å². The van der Waals surface area contributed by atoms with Crippen molar-refractivity contribution in [2.45, 2.75) is 87.4 Å². The third kappa shape index (κ3) is 9.27. The number of halogens is 1. The lowest BCUT2D eigenvalue weighted by Gasteiger charge is -2.30. The fourth-order valence-corrected chi connectivity index (χ4v) is 4.38. The van der Waals surface area contributed by atoms with Crippen molar-refractivity contribution in [2.24, 2.45) is 0 Å². The van der Waals surface area contributed by atoms with E-state index in [0.29, 0.717) is 6.54 Å². The van der Waals surface area contributed by atoms with Gasteiger partial charge in [0.25, 0.3) is 0 Å². The zero-order valence-corrected chi connectivity index (χ0v) is 24.9. The number of rotatable bonds is 7. The minimum atomic E-state index is -1.16. The van der Waals surface area contributed by atoms with Crippen LogP contribution in [0.2, 0.25) is 0 Å². The fourth-order valence-electron chi connectivity index (χ4n) is 4.38. The van der Waals surface area contributed by atoms with E-state index >= 15 is 0 Å². The predicted molar refractivity (Wildman–Crippen MR) is 163 cm³/mol. The second kappa shape index (κ2) is 16.2. The number of alkyl halides is 1. The van der Waals surface area contributed by atoms with Crippen LogP contribution in [0.15, 0.2) is 61.4 Å². The van der Waals surface area contributed by atoms with Crippen LogP contribution in [0.5, 0.6) is 0 Å². The van der Waals surface area contributed by atoms with E-state index in [4.69, 9.17) is 0 Å². The van der Waals surface area contributed by atoms with Gasteiger partial charge in [-0.1, -0.05) is 85.4 Å². The molecule has 0 fully saturated rings. The highest BCUT2D eigenvalue weighted by Crippen LogP contribution is 2.30. The molecule has 37 heavy (non-hydrogen) atoms. The van der Waals surface area contributed by atoms with Crippen LogP contribution in [-0.2, 0) is 6.54 Å². The van der Waals surface area contributed by atoms with Crippen LogP contribution in [0.25, 0.3) is 22.2 Å². The van der Waals surface area contributed by atoms with Gasteiger partial charge in [0.1, 0.15) is 11.3 Å². The molecule has 0 saturated heterocycles. The normalized spacial score (nSPS) is 13.3. The number of aromatic nitrogens is 2. The first-order valence-corrected chi connectivity index (χ1v) is 14.2. The largest absolute Gasteiger partial charge is 0.328 e. The van der Waals surface area contributed by atoms with Crippen LogP contribution in [-0.4, -0.2) is 39.8 Å². The maximum Gasteiger partial charge on any atom is 0.140 e. The molecule has 4 heteroatoms. The van der Waals surface area contributed by atoms with Crippen molar-refractivity contribution >= 4 is 22.2 Å². The molecule has 0 atom stereocenters. The molecular formula is C33H50FN3. The van der Waals surface area contributed by atoms with E-state index in [1.807, 2.05) is 47.7 Å². The summed E-state index contributed by atoms with van der Waals surface area (Å²) in [6.07, 6.45) is 8.18. The first kappa shape index (κ1) is 32.3. The maximum atomic E-state index is 14.0. The quantitative estimate of drug-likeness (QED) is 0.317. The van der Waals surface area contributed by atoms with E-state index in [1.54, 1.807) is 13.8 Å². The van der Waals surface area contributed by atoms with Crippen molar-refractivity contribution in [2.75, 3.05) is 19.6 Å². The summed E-state index contributed by atoms with van der Waals surface area (Å²) < 4.78 is 16.2. The lowest BCUT2D eigenvalue weighted by Crippen LogP contribution is -2.38. The topological polar surface area (TPSA) is 21.1 Å². The number of nitrogens with zero attached hydrogens (tertiary/aromatic N) is 3. The van der Waals surface area contributed by atoms with Crippen molar-refractivity contribution in [1.29, 1.82) is 0 Å². The second-order valence-electron chi connectivity index (χ2n) is 9.13. The number of allylic oxidation sites excluding steroid dienone is 1. The minimum Gasteiger partial charge on any atom is -0.328 e. The smallest absolute Gasteiger partial charge is 0.140 e. The first-order chi connectivity index (χ1) is 17.8. The molecule has 0 bridgehead atoms. The van der Waals surface area contributed by atoms with E-state index in [1.165, 1.54) is 33.2 Å². The Morgan fingerprint density at radius 2 is 1.65 bits per heavy atom. The first-order valence-electron chi connectivity index (χ1n) is 14.2. The summed E-state index contributed by atoms with van der Waals surface area (Å²) >= 11 is 0. The number of fused-ring (bicyclic) bond motifs is 1. The Balaban J connectivity index is 0.00000106. The van der Waals surface area contributed by atoms with Crippen LogP contribution in [0.1, 0.15) is 91.8 Å². The van der Waals surface area contributed by atoms with Gasteiger partial charge in [0.2, 0.25) is 0 Å². The monoisotopic (exact) mass is 507 g/mol. The van der Waals surface area contributed by atoms with E-state index in [0.717, 1.165) is 38.1 Å². The van der Waals surface area contributed by atoms with E-state index in [2.05, 4.69) is 76.6 Å². The standard InChI is InChI=1S/C27H32FN3.3C2H6/c1-5-20(2)22-8-6-21(7-9-22)18-31-17-13-25-24(10-14-29-26(25)31)23-11-15-30(16-12-23)19-27(3,4)28;3*1-2/h6-11,13-14,17H,2,5,12,15-16,18-19H2,1,3-4H3;3*1-2H3. The van der Waals surface area contributed by atoms with Crippen LogP contribution in [0, 0.1) is 0 Å². The van der Waals surface area contributed by atoms with Gasteiger partial charge in [-0.15, -0.1) is 0 Å². The Morgan fingerprint density at radius 3 is 2.19 bits per heavy atom. The minimum absolute atomic E-state index is 0.476. The Morgan fingerprint density at radius 1 is 1.00 bits per heavy atom. The molecule has 3 heterocycles. The molecular weight excluding hydrogens is 457 g/mol. The third-order valence-corrected chi connectivity index (χ3v) is 6.04. The number of pyridine rings is 1. The molecule has 204 valence electrons. The molecule has 0 saturated carbocycles. The zero-order valence-electron chi connectivity index (χ0n) is 24.9. The Hall–Kier alpha value is -2.72. The molecule has 3 nitrogen and oxygen atoms in total. The number of hydrogen-bond acceptors (Lipinski definition) is 2. The molecule has 0 radical (unpaired) electrons. The van der Waals surface area contributed by atoms with Gasteiger partial charge in [0.05, 0.1) is 0 Å². The molecule has 0 spiro atoms. The van der Waals surface area contributed by atoms with Crippen molar-refractivity contribution in [3.8, 4) is 0 Å². The second-order valence-corrected chi connectivity index (χ2v) is 9.13. The molecule has 3 aromatic rings. The molecule has 2 aromatic heterocycles.